The Labute approximate surface area is 92.4 Å². The van der Waals surface area contributed by atoms with Crippen molar-refractivity contribution in [2.75, 3.05) is 7.05 Å². The van der Waals surface area contributed by atoms with Crippen LogP contribution in [0.15, 0.2) is 53.0 Å². The molecule has 0 amide bonds. The predicted molar refractivity (Wildman–Crippen MR) is 60.2 cm³/mol. The molecule has 0 unspecified atom stereocenters. The van der Waals surface area contributed by atoms with Gasteiger partial charge in [0.05, 0.1) is 5.57 Å². The Bertz CT molecular complexity index is 405. The fraction of sp³-hybridized carbons (Fsp3) is 0.0909. The molecule has 5 heteroatoms. The maximum atomic E-state index is 13.2. The predicted octanol–water partition coefficient (Wildman–Crippen LogP) is 2.18. The molecule has 0 aromatic heterocycles. The number of carboxylic acid groups (broad SMARTS) is 1. The Balaban J connectivity index is 5.82. The number of aliphatic carboxylic acids is 1. The minimum Gasteiger partial charge on any atom is -0.506 e. The third-order valence-corrected chi connectivity index (χ3v) is 1.64. The first-order chi connectivity index (χ1) is 7.49. The second kappa shape index (κ2) is 6.34. The van der Waals surface area contributed by atoms with Crippen LogP contribution in [0.25, 0.3) is 0 Å². The van der Waals surface area contributed by atoms with Gasteiger partial charge in [0.15, 0.2) is 0 Å². The minimum absolute atomic E-state index is 0.340. The fourth-order valence-electron chi connectivity index (χ4n) is 0.909. The summed E-state index contributed by atoms with van der Waals surface area (Å²) in [5.41, 5.74) is -0.860. The number of hydrogen-bond acceptors (Lipinski definition) is 3. The monoisotopic (exact) mass is 225 g/mol. The Hall–Kier alpha value is -2.17. The van der Waals surface area contributed by atoms with Crippen LogP contribution < -0.4 is 0 Å². The largest absolute Gasteiger partial charge is 0.506 e. The number of rotatable bonds is 5. The third-order valence-electron chi connectivity index (χ3n) is 1.64. The molecular formula is C11H12FNO3. The van der Waals surface area contributed by atoms with Crippen molar-refractivity contribution in [3.8, 4) is 0 Å². The Morgan fingerprint density at radius 3 is 2.12 bits per heavy atom. The van der Waals surface area contributed by atoms with Gasteiger partial charge in [-0.1, -0.05) is 19.2 Å². The van der Waals surface area contributed by atoms with Crippen LogP contribution in [0.2, 0.25) is 0 Å². The van der Waals surface area contributed by atoms with Crippen LogP contribution in [0.4, 0.5) is 4.39 Å². The molecule has 0 bridgehead atoms. The molecule has 0 rings (SSSR count). The molecule has 0 atom stereocenters. The minimum atomic E-state index is -1.42. The standard InChI is InChI=1S/C11H12FNO3/c1-4-7(9(12)5-2)10(14)8(6-13-3)11(15)16/h4-6,14H,1-2H2,3H3,(H,15,16)/b9-7-,10-8-,13-6?. The molecule has 0 radical (unpaired) electrons. The van der Waals surface area contributed by atoms with Crippen LogP contribution >= 0.6 is 0 Å². The molecule has 0 heterocycles. The summed E-state index contributed by atoms with van der Waals surface area (Å²) in [4.78, 5) is 14.2. The molecule has 4 nitrogen and oxygen atoms in total. The van der Waals surface area contributed by atoms with Crippen molar-refractivity contribution in [3.63, 3.8) is 0 Å². The van der Waals surface area contributed by atoms with Crippen LogP contribution in [0, 0.1) is 0 Å². The molecule has 0 spiro atoms. The van der Waals surface area contributed by atoms with Crippen LogP contribution in [0.1, 0.15) is 0 Å². The Morgan fingerprint density at radius 2 is 1.81 bits per heavy atom. The van der Waals surface area contributed by atoms with E-state index >= 15 is 0 Å². The fourth-order valence-corrected chi connectivity index (χ4v) is 0.909. The highest BCUT2D eigenvalue weighted by atomic mass is 19.1. The van der Waals surface area contributed by atoms with E-state index in [-0.39, 0.29) is 5.57 Å². The molecule has 0 aliphatic carbocycles. The first-order valence-electron chi connectivity index (χ1n) is 4.23. The second-order valence-electron chi connectivity index (χ2n) is 2.62. The van der Waals surface area contributed by atoms with Crippen molar-refractivity contribution >= 4 is 12.2 Å². The Morgan fingerprint density at radius 1 is 1.25 bits per heavy atom. The highest BCUT2D eigenvalue weighted by Crippen LogP contribution is 2.18. The van der Waals surface area contributed by atoms with Crippen LogP contribution in [-0.4, -0.2) is 29.4 Å². The van der Waals surface area contributed by atoms with Crippen molar-refractivity contribution < 1.29 is 19.4 Å². The molecular weight excluding hydrogens is 213 g/mol. The summed E-state index contributed by atoms with van der Waals surface area (Å²) in [7, 11) is 1.33. The van der Waals surface area contributed by atoms with Gasteiger partial charge in [0.25, 0.3) is 0 Å². The quantitative estimate of drug-likeness (QED) is 0.326. The first-order valence-corrected chi connectivity index (χ1v) is 4.23. The topological polar surface area (TPSA) is 69.9 Å². The number of halogens is 1. The molecule has 16 heavy (non-hydrogen) atoms. The van der Waals surface area contributed by atoms with E-state index in [4.69, 9.17) is 5.11 Å². The Kier molecular flexibility index (Phi) is 5.48. The van der Waals surface area contributed by atoms with E-state index in [1.54, 1.807) is 0 Å². The van der Waals surface area contributed by atoms with Gasteiger partial charge >= 0.3 is 5.97 Å². The van der Waals surface area contributed by atoms with E-state index in [0.717, 1.165) is 18.4 Å². The number of aliphatic hydroxyl groups is 1. The van der Waals surface area contributed by atoms with Gasteiger partial charge in [-0.05, 0) is 6.08 Å². The van der Waals surface area contributed by atoms with Gasteiger partial charge in [0.2, 0.25) is 0 Å². The average Bonchev–Trinajstić information content (AvgIpc) is 2.25. The normalized spacial score (nSPS) is 14.1. The molecule has 86 valence electrons. The summed E-state index contributed by atoms with van der Waals surface area (Å²) in [5, 5.41) is 18.3. The smallest absolute Gasteiger partial charge is 0.341 e. The maximum Gasteiger partial charge on any atom is 0.341 e. The second-order valence-corrected chi connectivity index (χ2v) is 2.62. The van der Waals surface area contributed by atoms with E-state index in [9.17, 15) is 14.3 Å². The molecule has 0 fully saturated rings. The first kappa shape index (κ1) is 13.8. The number of carbonyl (C=O) groups is 1. The van der Waals surface area contributed by atoms with Crippen molar-refractivity contribution in [1.29, 1.82) is 0 Å². The zero-order valence-electron chi connectivity index (χ0n) is 8.77. The number of nitrogens with zero attached hydrogens (tertiary/aromatic N) is 1. The van der Waals surface area contributed by atoms with Crippen LogP contribution in [-0.2, 0) is 4.79 Å². The van der Waals surface area contributed by atoms with Gasteiger partial charge in [0.1, 0.15) is 17.2 Å². The summed E-state index contributed by atoms with van der Waals surface area (Å²) >= 11 is 0. The van der Waals surface area contributed by atoms with Gasteiger partial charge in [-0.15, -0.1) is 0 Å². The van der Waals surface area contributed by atoms with Gasteiger partial charge in [-0.25, -0.2) is 9.18 Å². The van der Waals surface area contributed by atoms with Crippen molar-refractivity contribution in [2.45, 2.75) is 0 Å². The highest BCUT2D eigenvalue weighted by molar-refractivity contribution is 6.09. The van der Waals surface area contributed by atoms with E-state index in [0.29, 0.717) is 0 Å². The van der Waals surface area contributed by atoms with Crippen LogP contribution in [0.3, 0.4) is 0 Å². The van der Waals surface area contributed by atoms with E-state index in [2.05, 4.69) is 18.2 Å². The lowest BCUT2D eigenvalue weighted by Crippen LogP contribution is -2.07. The number of aliphatic imine (C=N–C) groups is 1. The molecule has 0 saturated heterocycles. The molecule has 0 saturated carbocycles. The molecule has 0 aromatic rings. The lowest BCUT2D eigenvalue weighted by molar-refractivity contribution is -0.132. The highest BCUT2D eigenvalue weighted by Gasteiger charge is 2.16. The summed E-state index contributed by atoms with van der Waals surface area (Å²) < 4.78 is 13.2. The van der Waals surface area contributed by atoms with Gasteiger partial charge in [-0.3, -0.25) is 4.99 Å². The van der Waals surface area contributed by atoms with Gasteiger partial charge < -0.3 is 10.2 Å². The lowest BCUT2D eigenvalue weighted by Gasteiger charge is -2.04. The maximum absolute atomic E-state index is 13.2. The van der Waals surface area contributed by atoms with Gasteiger partial charge in [-0.2, -0.15) is 0 Å². The number of allylic oxidation sites excluding steroid dienone is 3. The van der Waals surface area contributed by atoms with Crippen molar-refractivity contribution in [2.24, 2.45) is 4.99 Å². The molecule has 2 N–H and O–H groups in total. The van der Waals surface area contributed by atoms with Crippen molar-refractivity contribution in [1.82, 2.24) is 0 Å². The summed E-state index contributed by atoms with van der Waals surface area (Å²) in [6.07, 6.45) is 2.76. The number of carboxylic acids is 1. The van der Waals surface area contributed by atoms with Crippen LogP contribution in [0.5, 0.6) is 0 Å². The van der Waals surface area contributed by atoms with Crippen molar-refractivity contribution in [3.05, 3.63) is 48.0 Å². The van der Waals surface area contributed by atoms with Gasteiger partial charge in [0, 0.05) is 13.3 Å². The van der Waals surface area contributed by atoms with E-state index in [1.165, 1.54) is 7.05 Å². The van der Waals surface area contributed by atoms with E-state index < -0.39 is 23.1 Å². The summed E-state index contributed by atoms with van der Waals surface area (Å²) in [6.45, 7) is 6.44. The molecule has 0 aliphatic heterocycles. The summed E-state index contributed by atoms with van der Waals surface area (Å²) in [5.74, 6) is -3.03. The zero-order valence-corrected chi connectivity index (χ0v) is 8.77. The SMILES string of the molecule is C=C/C(F)=C(C=C)/C(O)=C(\C=NC)C(=O)O. The molecule has 0 aliphatic rings. The number of hydrogen-bond donors (Lipinski definition) is 2. The molecule has 0 aromatic carbocycles. The lowest BCUT2D eigenvalue weighted by atomic mass is 10.1. The van der Waals surface area contributed by atoms with E-state index in [1.807, 2.05) is 0 Å². The number of aliphatic hydroxyl groups excluding tert-OH is 1. The average molecular weight is 225 g/mol. The summed E-state index contributed by atoms with van der Waals surface area (Å²) in [6, 6.07) is 0. The third kappa shape index (κ3) is 3.20. The zero-order chi connectivity index (χ0) is 12.7.